The number of fused-ring (bicyclic) bond motifs is 1. The molecule has 1 aromatic heterocycles. The Morgan fingerprint density at radius 2 is 1.94 bits per heavy atom. The third-order valence-electron chi connectivity index (χ3n) is 5.55. The summed E-state index contributed by atoms with van der Waals surface area (Å²) in [5.74, 6) is -0.464. The molecule has 0 radical (unpaired) electrons. The van der Waals surface area contributed by atoms with Gasteiger partial charge in [-0.25, -0.2) is 4.79 Å². The summed E-state index contributed by atoms with van der Waals surface area (Å²) in [6, 6.07) is 17.2. The maximum Gasteiger partial charge on any atom is 0.341 e. The van der Waals surface area contributed by atoms with Gasteiger partial charge in [0.2, 0.25) is 5.91 Å². The van der Waals surface area contributed by atoms with Gasteiger partial charge in [-0.05, 0) is 49.1 Å². The van der Waals surface area contributed by atoms with Gasteiger partial charge >= 0.3 is 5.97 Å². The van der Waals surface area contributed by atoms with E-state index in [0.717, 1.165) is 11.4 Å². The number of nitrogens with zero attached hydrogens (tertiary/aromatic N) is 1. The molecule has 0 aliphatic heterocycles. The lowest BCUT2D eigenvalue weighted by atomic mass is 10.0. The van der Waals surface area contributed by atoms with Gasteiger partial charge in [-0.2, -0.15) is 0 Å². The van der Waals surface area contributed by atoms with E-state index in [1.54, 1.807) is 13.0 Å². The van der Waals surface area contributed by atoms with E-state index >= 15 is 0 Å². The standard InChI is InChI=1S/C25H28N2O3S/c1-3-30-25(29)22-15-17(2)31-24(22)26-23(28)13-14-27(20-11-12-20)16-19-9-6-8-18-7-4-5-10-21(18)19/h4-10,15,20H,3,11-14,16H2,1-2H3,(H,26,28). The first-order chi connectivity index (χ1) is 15.0. The van der Waals surface area contributed by atoms with Crippen LogP contribution in [-0.4, -0.2) is 36.0 Å². The number of aryl methyl sites for hydroxylation is 1. The number of benzene rings is 2. The lowest BCUT2D eigenvalue weighted by Gasteiger charge is -2.22. The number of hydrogen-bond acceptors (Lipinski definition) is 5. The molecule has 1 saturated carbocycles. The first-order valence-corrected chi connectivity index (χ1v) is 11.6. The Labute approximate surface area is 187 Å². The summed E-state index contributed by atoms with van der Waals surface area (Å²) in [6.45, 7) is 5.54. The van der Waals surface area contributed by atoms with Gasteiger partial charge in [-0.3, -0.25) is 9.69 Å². The Hall–Kier alpha value is -2.70. The number of anilines is 1. The van der Waals surface area contributed by atoms with Crippen molar-refractivity contribution in [2.24, 2.45) is 0 Å². The Balaban J connectivity index is 1.40. The molecule has 4 rings (SSSR count). The van der Waals surface area contributed by atoms with Crippen molar-refractivity contribution in [3.8, 4) is 0 Å². The molecule has 1 aliphatic carbocycles. The van der Waals surface area contributed by atoms with Gasteiger partial charge in [0, 0.05) is 30.4 Å². The normalized spacial score (nSPS) is 13.5. The highest BCUT2D eigenvalue weighted by Crippen LogP contribution is 2.31. The predicted molar refractivity (Wildman–Crippen MR) is 126 cm³/mol. The van der Waals surface area contributed by atoms with Gasteiger partial charge in [0.1, 0.15) is 5.00 Å². The van der Waals surface area contributed by atoms with Crippen molar-refractivity contribution in [1.29, 1.82) is 0 Å². The van der Waals surface area contributed by atoms with Crippen molar-refractivity contribution in [3.63, 3.8) is 0 Å². The van der Waals surface area contributed by atoms with E-state index < -0.39 is 5.97 Å². The zero-order chi connectivity index (χ0) is 21.8. The lowest BCUT2D eigenvalue weighted by Crippen LogP contribution is -2.29. The molecule has 0 spiro atoms. The monoisotopic (exact) mass is 436 g/mol. The van der Waals surface area contributed by atoms with Crippen LogP contribution in [0.25, 0.3) is 10.8 Å². The maximum atomic E-state index is 12.7. The fraction of sp³-hybridized carbons (Fsp3) is 0.360. The SMILES string of the molecule is CCOC(=O)c1cc(C)sc1NC(=O)CCN(Cc1cccc2ccccc12)C1CC1. The molecule has 6 heteroatoms. The van der Waals surface area contributed by atoms with Crippen molar-refractivity contribution in [3.05, 3.63) is 64.5 Å². The third kappa shape index (κ3) is 5.32. The first-order valence-electron chi connectivity index (χ1n) is 10.8. The smallest absolute Gasteiger partial charge is 0.341 e. The van der Waals surface area contributed by atoms with Gasteiger partial charge < -0.3 is 10.1 Å². The number of hydrogen-bond donors (Lipinski definition) is 1. The predicted octanol–water partition coefficient (Wildman–Crippen LogP) is 5.38. The molecule has 0 saturated heterocycles. The number of nitrogens with one attached hydrogen (secondary N) is 1. The summed E-state index contributed by atoms with van der Waals surface area (Å²) in [7, 11) is 0. The highest BCUT2D eigenvalue weighted by Gasteiger charge is 2.29. The van der Waals surface area contributed by atoms with Crippen LogP contribution in [-0.2, 0) is 16.1 Å². The lowest BCUT2D eigenvalue weighted by molar-refractivity contribution is -0.116. The van der Waals surface area contributed by atoms with E-state index in [0.29, 0.717) is 36.2 Å². The minimum absolute atomic E-state index is 0.0732. The minimum Gasteiger partial charge on any atom is -0.462 e. The van der Waals surface area contributed by atoms with E-state index in [-0.39, 0.29) is 5.91 Å². The van der Waals surface area contributed by atoms with Crippen LogP contribution in [0.1, 0.15) is 47.0 Å². The van der Waals surface area contributed by atoms with Crippen molar-refractivity contribution in [2.45, 2.75) is 45.7 Å². The largest absolute Gasteiger partial charge is 0.462 e. The van der Waals surface area contributed by atoms with E-state index in [2.05, 4.69) is 52.7 Å². The van der Waals surface area contributed by atoms with Crippen LogP contribution < -0.4 is 5.32 Å². The first kappa shape index (κ1) is 21.5. The molecule has 1 fully saturated rings. The van der Waals surface area contributed by atoms with Crippen molar-refractivity contribution in [1.82, 2.24) is 4.90 Å². The van der Waals surface area contributed by atoms with Crippen LogP contribution >= 0.6 is 11.3 Å². The molecule has 1 heterocycles. The molecular formula is C25H28N2O3S. The number of thiophene rings is 1. The van der Waals surface area contributed by atoms with Crippen LogP contribution in [0.5, 0.6) is 0 Å². The molecule has 0 unspecified atom stereocenters. The van der Waals surface area contributed by atoms with Gasteiger partial charge in [0.15, 0.2) is 0 Å². The zero-order valence-electron chi connectivity index (χ0n) is 18.0. The van der Waals surface area contributed by atoms with Crippen molar-refractivity contribution >= 4 is 39.0 Å². The zero-order valence-corrected chi connectivity index (χ0v) is 18.8. The van der Waals surface area contributed by atoms with Crippen molar-refractivity contribution in [2.75, 3.05) is 18.5 Å². The number of carbonyl (C=O) groups excluding carboxylic acids is 2. The second-order valence-corrected chi connectivity index (χ2v) is 9.21. The molecule has 0 atom stereocenters. The summed E-state index contributed by atoms with van der Waals surface area (Å²) in [4.78, 5) is 28.2. The van der Waals surface area contributed by atoms with Gasteiger partial charge in [-0.15, -0.1) is 11.3 Å². The van der Waals surface area contributed by atoms with Gasteiger partial charge in [-0.1, -0.05) is 42.5 Å². The molecule has 2 aromatic carbocycles. The molecular weight excluding hydrogens is 408 g/mol. The Bertz CT molecular complexity index is 1080. The van der Waals surface area contributed by atoms with E-state index in [9.17, 15) is 9.59 Å². The number of amides is 1. The van der Waals surface area contributed by atoms with Crippen molar-refractivity contribution < 1.29 is 14.3 Å². The summed E-state index contributed by atoms with van der Waals surface area (Å²) in [6.07, 6.45) is 2.76. The number of esters is 1. The van der Waals surface area contributed by atoms with Crippen LogP contribution in [0.15, 0.2) is 48.5 Å². The molecule has 5 nitrogen and oxygen atoms in total. The third-order valence-corrected chi connectivity index (χ3v) is 6.51. The Kier molecular flexibility index (Phi) is 6.68. The van der Waals surface area contributed by atoms with E-state index in [1.807, 2.05) is 6.92 Å². The number of ether oxygens (including phenoxy) is 1. The quantitative estimate of drug-likeness (QED) is 0.458. The topological polar surface area (TPSA) is 58.6 Å². The van der Waals surface area contributed by atoms with Crippen LogP contribution in [0.3, 0.4) is 0 Å². The summed E-state index contributed by atoms with van der Waals surface area (Å²) < 4.78 is 5.11. The minimum atomic E-state index is -0.391. The van der Waals surface area contributed by atoms with Crippen LogP contribution in [0.2, 0.25) is 0 Å². The molecule has 3 aromatic rings. The average Bonchev–Trinajstić information content (AvgIpc) is 3.54. The summed E-state index contributed by atoms with van der Waals surface area (Å²) in [5, 5.41) is 6.02. The van der Waals surface area contributed by atoms with E-state index in [4.69, 9.17) is 4.74 Å². The number of carbonyl (C=O) groups is 2. The summed E-state index contributed by atoms with van der Waals surface area (Å²) >= 11 is 1.41. The molecule has 1 N–H and O–H groups in total. The molecule has 31 heavy (non-hydrogen) atoms. The Morgan fingerprint density at radius 3 is 2.71 bits per heavy atom. The van der Waals surface area contributed by atoms with E-state index in [1.165, 1.54) is 40.5 Å². The summed E-state index contributed by atoms with van der Waals surface area (Å²) in [5.41, 5.74) is 1.73. The molecule has 162 valence electrons. The Morgan fingerprint density at radius 1 is 1.16 bits per heavy atom. The fourth-order valence-electron chi connectivity index (χ4n) is 3.88. The number of rotatable bonds is 9. The maximum absolute atomic E-state index is 12.7. The second kappa shape index (κ2) is 9.62. The average molecular weight is 437 g/mol. The second-order valence-electron chi connectivity index (χ2n) is 7.96. The highest BCUT2D eigenvalue weighted by atomic mass is 32.1. The fourth-order valence-corrected chi connectivity index (χ4v) is 4.80. The van der Waals surface area contributed by atoms with Gasteiger partial charge in [0.25, 0.3) is 0 Å². The van der Waals surface area contributed by atoms with Gasteiger partial charge in [0.05, 0.1) is 12.2 Å². The highest BCUT2D eigenvalue weighted by molar-refractivity contribution is 7.16. The molecule has 1 amide bonds. The molecule has 0 bridgehead atoms. The van der Waals surface area contributed by atoms with Crippen LogP contribution in [0.4, 0.5) is 5.00 Å². The molecule has 1 aliphatic rings. The van der Waals surface area contributed by atoms with Crippen LogP contribution in [0, 0.1) is 6.92 Å².